The maximum absolute atomic E-state index is 12.7. The number of benzene rings is 1. The first-order valence-corrected chi connectivity index (χ1v) is 11.9. The number of ether oxygens (including phenoxy) is 1. The molecule has 1 atom stereocenters. The van der Waals surface area contributed by atoms with Gasteiger partial charge in [0.05, 0.1) is 19.7 Å². The molecular formula is C25H39N3O3. The van der Waals surface area contributed by atoms with E-state index in [1.807, 2.05) is 29.2 Å². The van der Waals surface area contributed by atoms with Crippen LogP contribution in [0.25, 0.3) is 0 Å². The van der Waals surface area contributed by atoms with Gasteiger partial charge in [0.15, 0.2) is 0 Å². The second-order valence-electron chi connectivity index (χ2n) is 9.43. The lowest BCUT2D eigenvalue weighted by atomic mass is 9.86. The third kappa shape index (κ3) is 6.96. The summed E-state index contributed by atoms with van der Waals surface area (Å²) in [6, 6.07) is 7.86. The number of amides is 2. The first kappa shape index (κ1) is 23.6. The van der Waals surface area contributed by atoms with Crippen molar-refractivity contribution >= 4 is 11.8 Å². The Hall–Kier alpha value is -2.08. The first-order chi connectivity index (χ1) is 15.0. The lowest BCUT2D eigenvalue weighted by Gasteiger charge is -2.35. The highest BCUT2D eigenvalue weighted by molar-refractivity contribution is 5.79. The molecule has 1 aromatic rings. The molecule has 0 radical (unpaired) electrons. The van der Waals surface area contributed by atoms with Crippen LogP contribution in [0.1, 0.15) is 64.0 Å². The van der Waals surface area contributed by atoms with E-state index in [2.05, 4.69) is 24.1 Å². The molecule has 0 aromatic heterocycles. The number of methoxy groups -OCH3 is 1. The largest absolute Gasteiger partial charge is 0.497 e. The number of hydrogen-bond acceptors (Lipinski definition) is 4. The first-order valence-electron chi connectivity index (χ1n) is 11.9. The molecule has 1 heterocycles. The van der Waals surface area contributed by atoms with Crippen molar-refractivity contribution in [2.45, 2.75) is 58.4 Å². The second kappa shape index (κ2) is 11.5. The Morgan fingerprint density at radius 1 is 1.03 bits per heavy atom. The summed E-state index contributed by atoms with van der Waals surface area (Å²) in [7, 11) is 1.65. The number of rotatable bonds is 8. The number of hydrogen-bond donors (Lipinski definition) is 1. The van der Waals surface area contributed by atoms with Crippen LogP contribution >= 0.6 is 0 Å². The number of carbonyl (C=O) groups excluding carboxylic acids is 2. The minimum atomic E-state index is -0.0308. The predicted octanol–water partition coefficient (Wildman–Crippen LogP) is 3.62. The van der Waals surface area contributed by atoms with E-state index >= 15 is 0 Å². The molecule has 1 N–H and O–H groups in total. The number of piperazine rings is 1. The third-order valence-corrected chi connectivity index (χ3v) is 6.74. The molecule has 2 amide bonds. The van der Waals surface area contributed by atoms with E-state index in [0.29, 0.717) is 24.8 Å². The van der Waals surface area contributed by atoms with Crippen molar-refractivity contribution < 1.29 is 14.3 Å². The van der Waals surface area contributed by atoms with Crippen LogP contribution in [0.2, 0.25) is 0 Å². The van der Waals surface area contributed by atoms with Crippen molar-refractivity contribution in [3.63, 3.8) is 0 Å². The lowest BCUT2D eigenvalue weighted by Crippen LogP contribution is -2.51. The molecule has 0 bridgehead atoms. The molecule has 1 unspecified atom stereocenters. The van der Waals surface area contributed by atoms with Crippen molar-refractivity contribution in [2.75, 3.05) is 39.8 Å². The van der Waals surface area contributed by atoms with Gasteiger partial charge in [0, 0.05) is 32.6 Å². The number of carbonyl (C=O) groups is 2. The van der Waals surface area contributed by atoms with Crippen LogP contribution in [0.15, 0.2) is 24.3 Å². The Kier molecular flexibility index (Phi) is 8.76. The highest BCUT2D eigenvalue weighted by Gasteiger charge is 2.26. The number of nitrogens with one attached hydrogen (secondary N) is 1. The maximum Gasteiger partial charge on any atom is 0.234 e. The monoisotopic (exact) mass is 429 g/mol. The predicted molar refractivity (Wildman–Crippen MR) is 123 cm³/mol. The summed E-state index contributed by atoms with van der Waals surface area (Å²) in [6.45, 7) is 7.59. The van der Waals surface area contributed by atoms with Crippen LogP contribution in [0.4, 0.5) is 0 Å². The summed E-state index contributed by atoms with van der Waals surface area (Å²) in [6.07, 6.45) is 6.98. The molecule has 31 heavy (non-hydrogen) atoms. The molecule has 0 spiro atoms. The van der Waals surface area contributed by atoms with Gasteiger partial charge in [-0.1, -0.05) is 45.2 Å². The van der Waals surface area contributed by atoms with Gasteiger partial charge in [0.25, 0.3) is 0 Å². The van der Waals surface area contributed by atoms with E-state index in [4.69, 9.17) is 4.74 Å². The molecule has 1 aromatic carbocycles. The molecule has 1 aliphatic carbocycles. The van der Waals surface area contributed by atoms with Gasteiger partial charge in [0.1, 0.15) is 5.75 Å². The van der Waals surface area contributed by atoms with Gasteiger partial charge in [-0.2, -0.15) is 0 Å². The van der Waals surface area contributed by atoms with E-state index < -0.39 is 0 Å². The van der Waals surface area contributed by atoms with Crippen LogP contribution in [-0.2, 0) is 9.59 Å². The van der Waals surface area contributed by atoms with Crippen molar-refractivity contribution in [2.24, 2.45) is 11.8 Å². The van der Waals surface area contributed by atoms with Gasteiger partial charge in [0.2, 0.25) is 11.8 Å². The lowest BCUT2D eigenvalue weighted by molar-refractivity contribution is -0.134. The zero-order chi connectivity index (χ0) is 22.2. The fourth-order valence-electron chi connectivity index (χ4n) is 4.79. The fourth-order valence-corrected chi connectivity index (χ4v) is 4.79. The van der Waals surface area contributed by atoms with Crippen LogP contribution in [0, 0.1) is 11.8 Å². The van der Waals surface area contributed by atoms with Gasteiger partial charge in [-0.25, -0.2) is 0 Å². The molecule has 172 valence electrons. The van der Waals surface area contributed by atoms with Gasteiger partial charge < -0.3 is 15.0 Å². The summed E-state index contributed by atoms with van der Waals surface area (Å²) in [5.41, 5.74) is 1.09. The van der Waals surface area contributed by atoms with Crippen LogP contribution in [-0.4, -0.2) is 61.4 Å². The van der Waals surface area contributed by atoms with E-state index in [1.54, 1.807) is 7.11 Å². The zero-order valence-electron chi connectivity index (χ0n) is 19.4. The maximum atomic E-state index is 12.7. The molecule has 2 fully saturated rings. The summed E-state index contributed by atoms with van der Waals surface area (Å²) in [5.74, 6) is 2.02. The molecule has 6 nitrogen and oxygen atoms in total. The summed E-state index contributed by atoms with van der Waals surface area (Å²) in [4.78, 5) is 29.5. The fraction of sp³-hybridized carbons (Fsp3) is 0.680. The highest BCUT2D eigenvalue weighted by Crippen LogP contribution is 2.27. The smallest absolute Gasteiger partial charge is 0.234 e. The molecule has 1 saturated carbocycles. The summed E-state index contributed by atoms with van der Waals surface area (Å²) >= 11 is 0. The SMILES string of the molecule is COc1ccc(C(NC(=O)CN2CCN(C(=O)CC3CCCCC3)CC2)C(C)C)cc1. The average molecular weight is 430 g/mol. The summed E-state index contributed by atoms with van der Waals surface area (Å²) < 4.78 is 5.24. The zero-order valence-corrected chi connectivity index (χ0v) is 19.4. The average Bonchev–Trinajstić information content (AvgIpc) is 2.78. The quantitative estimate of drug-likeness (QED) is 0.686. The highest BCUT2D eigenvalue weighted by atomic mass is 16.5. The molecule has 3 rings (SSSR count). The van der Waals surface area contributed by atoms with Crippen molar-refractivity contribution in [1.29, 1.82) is 0 Å². The minimum absolute atomic E-state index is 0.0308. The molecule has 1 aliphatic heterocycles. The Morgan fingerprint density at radius 3 is 2.26 bits per heavy atom. The van der Waals surface area contributed by atoms with Gasteiger partial charge in [-0.05, 0) is 42.4 Å². The topological polar surface area (TPSA) is 61.9 Å². The Balaban J connectivity index is 1.44. The van der Waals surface area contributed by atoms with Gasteiger partial charge >= 0.3 is 0 Å². The minimum Gasteiger partial charge on any atom is -0.497 e. The Bertz CT molecular complexity index is 705. The van der Waals surface area contributed by atoms with Crippen LogP contribution in [0.3, 0.4) is 0 Å². The van der Waals surface area contributed by atoms with Gasteiger partial charge in [-0.15, -0.1) is 0 Å². The third-order valence-electron chi connectivity index (χ3n) is 6.74. The van der Waals surface area contributed by atoms with Crippen LogP contribution < -0.4 is 10.1 Å². The van der Waals surface area contributed by atoms with Crippen molar-refractivity contribution in [3.8, 4) is 5.75 Å². The van der Waals surface area contributed by atoms with E-state index in [9.17, 15) is 9.59 Å². The van der Waals surface area contributed by atoms with Gasteiger partial charge in [-0.3, -0.25) is 14.5 Å². The van der Waals surface area contributed by atoms with E-state index in [1.165, 1.54) is 32.1 Å². The second-order valence-corrected chi connectivity index (χ2v) is 9.43. The standard InChI is InChI=1S/C25H39N3O3/c1-19(2)25(21-9-11-22(31-3)12-10-21)26-23(29)18-27-13-15-28(16-14-27)24(30)17-20-7-5-4-6-8-20/h9-12,19-20,25H,4-8,13-18H2,1-3H3,(H,26,29). The molecule has 2 aliphatic rings. The summed E-state index contributed by atoms with van der Waals surface area (Å²) in [5, 5.41) is 3.20. The van der Waals surface area contributed by atoms with E-state index in [-0.39, 0.29) is 17.9 Å². The molecule has 1 saturated heterocycles. The molecular weight excluding hydrogens is 390 g/mol. The molecule has 6 heteroatoms. The van der Waals surface area contributed by atoms with Crippen LogP contribution in [0.5, 0.6) is 5.75 Å². The normalized spacial score (nSPS) is 19.3. The van der Waals surface area contributed by atoms with E-state index in [0.717, 1.165) is 37.5 Å². The van der Waals surface area contributed by atoms with Crippen molar-refractivity contribution in [1.82, 2.24) is 15.1 Å². The number of nitrogens with zero attached hydrogens (tertiary/aromatic N) is 2. The Morgan fingerprint density at radius 2 is 1.68 bits per heavy atom. The Labute approximate surface area is 187 Å². The van der Waals surface area contributed by atoms with Crippen molar-refractivity contribution in [3.05, 3.63) is 29.8 Å².